The van der Waals surface area contributed by atoms with Gasteiger partial charge in [0.25, 0.3) is 0 Å². The number of ether oxygens (including phenoxy) is 1. The van der Waals surface area contributed by atoms with E-state index >= 15 is 0 Å². The highest BCUT2D eigenvalue weighted by Crippen LogP contribution is 2.24. The fraction of sp³-hybridized carbons (Fsp3) is 0.188. The molecule has 3 nitrogen and oxygen atoms in total. The maximum absolute atomic E-state index is 12.5. The molecule has 0 bridgehead atoms. The summed E-state index contributed by atoms with van der Waals surface area (Å²) in [5.41, 5.74) is 9.44. The Kier molecular flexibility index (Phi) is 3.56. The van der Waals surface area contributed by atoms with Crippen molar-refractivity contribution >= 4 is 11.5 Å². The second-order valence-electron chi connectivity index (χ2n) is 4.55. The quantitative estimate of drug-likeness (QED) is 0.677. The van der Waals surface area contributed by atoms with E-state index in [1.807, 2.05) is 32.0 Å². The summed E-state index contributed by atoms with van der Waals surface area (Å²) in [5, 5.41) is 0. The minimum absolute atomic E-state index is 0.0543. The number of hydrogen-bond acceptors (Lipinski definition) is 3. The Morgan fingerprint density at radius 1 is 1.11 bits per heavy atom. The maximum Gasteiger partial charge on any atom is 0.195 e. The molecule has 0 aromatic heterocycles. The monoisotopic (exact) mass is 255 g/mol. The van der Waals surface area contributed by atoms with Crippen LogP contribution in [0.2, 0.25) is 0 Å². The Bertz CT molecular complexity index is 612. The molecule has 19 heavy (non-hydrogen) atoms. The summed E-state index contributed by atoms with van der Waals surface area (Å²) in [6, 6.07) is 10.9. The van der Waals surface area contributed by atoms with Crippen LogP contribution in [-0.2, 0) is 0 Å². The van der Waals surface area contributed by atoms with Gasteiger partial charge in [0, 0.05) is 16.8 Å². The molecule has 98 valence electrons. The number of anilines is 1. The van der Waals surface area contributed by atoms with E-state index in [4.69, 9.17) is 10.5 Å². The minimum atomic E-state index is -0.0543. The number of ketones is 1. The van der Waals surface area contributed by atoms with Crippen LogP contribution in [0.25, 0.3) is 0 Å². The van der Waals surface area contributed by atoms with Crippen LogP contribution in [0.5, 0.6) is 5.75 Å². The molecule has 2 aromatic carbocycles. The molecule has 0 saturated carbocycles. The second kappa shape index (κ2) is 5.14. The molecule has 0 radical (unpaired) electrons. The first-order valence-corrected chi connectivity index (χ1v) is 6.09. The number of benzene rings is 2. The lowest BCUT2D eigenvalue weighted by atomic mass is 9.96. The van der Waals surface area contributed by atoms with E-state index in [-0.39, 0.29) is 5.78 Å². The molecule has 0 fully saturated rings. The summed E-state index contributed by atoms with van der Waals surface area (Å²) >= 11 is 0. The molecule has 0 saturated heterocycles. The van der Waals surface area contributed by atoms with Gasteiger partial charge in [-0.25, -0.2) is 0 Å². The smallest absolute Gasteiger partial charge is 0.195 e. The van der Waals surface area contributed by atoms with E-state index in [2.05, 4.69) is 0 Å². The van der Waals surface area contributed by atoms with Gasteiger partial charge in [-0.2, -0.15) is 0 Å². The van der Waals surface area contributed by atoms with Crippen LogP contribution in [0, 0.1) is 13.8 Å². The van der Waals surface area contributed by atoms with Gasteiger partial charge in [-0.15, -0.1) is 0 Å². The van der Waals surface area contributed by atoms with Crippen LogP contribution in [0.15, 0.2) is 36.4 Å². The largest absolute Gasteiger partial charge is 0.496 e. The normalized spacial score (nSPS) is 10.3. The lowest BCUT2D eigenvalue weighted by molar-refractivity contribution is 0.103. The van der Waals surface area contributed by atoms with Crippen LogP contribution in [-0.4, -0.2) is 12.9 Å². The van der Waals surface area contributed by atoms with E-state index in [0.29, 0.717) is 16.8 Å². The molecule has 0 spiro atoms. The number of carbonyl (C=O) groups is 1. The van der Waals surface area contributed by atoms with E-state index in [9.17, 15) is 4.79 Å². The summed E-state index contributed by atoms with van der Waals surface area (Å²) in [5.74, 6) is 0.718. The summed E-state index contributed by atoms with van der Waals surface area (Å²) in [6.07, 6.45) is 0. The first-order valence-electron chi connectivity index (χ1n) is 6.09. The van der Waals surface area contributed by atoms with Crippen molar-refractivity contribution in [3.05, 3.63) is 58.7 Å². The predicted octanol–water partition coefficient (Wildman–Crippen LogP) is 3.13. The zero-order valence-electron chi connectivity index (χ0n) is 11.4. The third-order valence-electron chi connectivity index (χ3n) is 3.19. The van der Waals surface area contributed by atoms with Crippen LogP contribution in [0.4, 0.5) is 5.69 Å². The van der Waals surface area contributed by atoms with Gasteiger partial charge in [0.1, 0.15) is 5.75 Å². The van der Waals surface area contributed by atoms with Crippen molar-refractivity contribution in [2.75, 3.05) is 12.8 Å². The Labute approximate surface area is 113 Å². The molecule has 0 aliphatic carbocycles. The number of rotatable bonds is 3. The molecular formula is C16H17NO2. The lowest BCUT2D eigenvalue weighted by Crippen LogP contribution is -2.08. The van der Waals surface area contributed by atoms with Gasteiger partial charge in [0.2, 0.25) is 0 Å². The Hall–Kier alpha value is -2.29. The van der Waals surface area contributed by atoms with Crippen molar-refractivity contribution in [2.24, 2.45) is 0 Å². The highest BCUT2D eigenvalue weighted by atomic mass is 16.5. The fourth-order valence-electron chi connectivity index (χ4n) is 2.16. The maximum atomic E-state index is 12.5. The average Bonchev–Trinajstić information content (AvgIpc) is 2.38. The van der Waals surface area contributed by atoms with Gasteiger partial charge < -0.3 is 10.5 Å². The van der Waals surface area contributed by atoms with E-state index in [1.54, 1.807) is 25.3 Å². The summed E-state index contributed by atoms with van der Waals surface area (Å²) in [7, 11) is 1.61. The molecule has 0 aliphatic heterocycles. The molecule has 0 amide bonds. The number of carbonyl (C=O) groups excluding carboxylic acids is 1. The van der Waals surface area contributed by atoms with Gasteiger partial charge in [0.15, 0.2) is 5.78 Å². The summed E-state index contributed by atoms with van der Waals surface area (Å²) in [4.78, 5) is 12.5. The zero-order chi connectivity index (χ0) is 14.0. The van der Waals surface area contributed by atoms with Crippen molar-refractivity contribution in [3.63, 3.8) is 0 Å². The van der Waals surface area contributed by atoms with Crippen LogP contribution >= 0.6 is 0 Å². The molecule has 2 N–H and O–H groups in total. The molecule has 0 unspecified atom stereocenters. The molecule has 2 aromatic rings. The minimum Gasteiger partial charge on any atom is -0.496 e. The highest BCUT2D eigenvalue weighted by molar-refractivity contribution is 6.13. The van der Waals surface area contributed by atoms with Crippen molar-refractivity contribution in [3.8, 4) is 5.75 Å². The summed E-state index contributed by atoms with van der Waals surface area (Å²) < 4.78 is 5.20. The van der Waals surface area contributed by atoms with Crippen molar-refractivity contribution in [2.45, 2.75) is 13.8 Å². The molecule has 0 atom stereocenters. The SMILES string of the molecule is COc1ccc(C(=O)c2c(C)cccc2N)cc1C. The van der Waals surface area contributed by atoms with E-state index < -0.39 is 0 Å². The Balaban J connectivity index is 2.48. The standard InChI is InChI=1S/C16H17NO2/c1-10-5-4-6-13(17)15(10)16(18)12-7-8-14(19-3)11(2)9-12/h4-9H,17H2,1-3H3. The first-order chi connectivity index (χ1) is 9.04. The molecule has 0 aliphatic rings. The number of hydrogen-bond donors (Lipinski definition) is 1. The van der Waals surface area contributed by atoms with E-state index in [0.717, 1.165) is 16.9 Å². The Morgan fingerprint density at radius 3 is 2.42 bits per heavy atom. The summed E-state index contributed by atoms with van der Waals surface area (Å²) in [6.45, 7) is 3.80. The van der Waals surface area contributed by atoms with Gasteiger partial charge in [-0.3, -0.25) is 4.79 Å². The zero-order valence-corrected chi connectivity index (χ0v) is 11.4. The number of nitrogens with two attached hydrogens (primary N) is 1. The first kappa shape index (κ1) is 13.1. The average molecular weight is 255 g/mol. The van der Waals surface area contributed by atoms with Gasteiger partial charge >= 0.3 is 0 Å². The molecule has 2 rings (SSSR count). The second-order valence-corrected chi connectivity index (χ2v) is 4.55. The van der Waals surface area contributed by atoms with Gasteiger partial charge in [-0.1, -0.05) is 12.1 Å². The number of aryl methyl sites for hydroxylation is 2. The van der Waals surface area contributed by atoms with Crippen LogP contribution in [0.3, 0.4) is 0 Å². The third kappa shape index (κ3) is 2.45. The van der Waals surface area contributed by atoms with Gasteiger partial charge in [0.05, 0.1) is 7.11 Å². The topological polar surface area (TPSA) is 52.3 Å². The molecule has 0 heterocycles. The van der Waals surface area contributed by atoms with Crippen molar-refractivity contribution in [1.29, 1.82) is 0 Å². The Morgan fingerprint density at radius 2 is 1.84 bits per heavy atom. The fourth-order valence-corrected chi connectivity index (χ4v) is 2.16. The third-order valence-corrected chi connectivity index (χ3v) is 3.19. The van der Waals surface area contributed by atoms with Crippen LogP contribution in [0.1, 0.15) is 27.0 Å². The van der Waals surface area contributed by atoms with Crippen LogP contribution < -0.4 is 10.5 Å². The van der Waals surface area contributed by atoms with Gasteiger partial charge in [-0.05, 0) is 49.2 Å². The number of nitrogen functional groups attached to an aromatic ring is 1. The molecular weight excluding hydrogens is 238 g/mol. The van der Waals surface area contributed by atoms with Crippen molar-refractivity contribution in [1.82, 2.24) is 0 Å². The number of methoxy groups -OCH3 is 1. The van der Waals surface area contributed by atoms with E-state index in [1.165, 1.54) is 0 Å². The van der Waals surface area contributed by atoms with Crippen molar-refractivity contribution < 1.29 is 9.53 Å². The lowest BCUT2D eigenvalue weighted by Gasteiger charge is -2.10. The predicted molar refractivity (Wildman–Crippen MR) is 76.8 cm³/mol. The highest BCUT2D eigenvalue weighted by Gasteiger charge is 2.15. The molecule has 3 heteroatoms.